The summed E-state index contributed by atoms with van der Waals surface area (Å²) in [5.41, 5.74) is 2.05. The number of benzene rings is 2. The van der Waals surface area contributed by atoms with Gasteiger partial charge in [-0.3, -0.25) is 0 Å². The van der Waals surface area contributed by atoms with E-state index in [9.17, 15) is 8.42 Å². The number of hydrogen-bond donors (Lipinski definition) is 0. The van der Waals surface area contributed by atoms with Crippen LogP contribution in [0.2, 0.25) is 10.0 Å². The summed E-state index contributed by atoms with van der Waals surface area (Å²) < 4.78 is 33.3. The van der Waals surface area contributed by atoms with Crippen LogP contribution in [0.1, 0.15) is 11.3 Å². The summed E-state index contributed by atoms with van der Waals surface area (Å²) in [6, 6.07) is 12.6. The lowest BCUT2D eigenvalue weighted by atomic mass is 10.2. The van der Waals surface area contributed by atoms with Crippen LogP contribution in [0.3, 0.4) is 0 Å². The molecule has 4 rings (SSSR count). The fraction of sp³-hybridized carbons (Fsp3) is 0.250. The zero-order valence-electron chi connectivity index (χ0n) is 15.6. The molecule has 1 saturated heterocycles. The summed E-state index contributed by atoms with van der Waals surface area (Å²) in [6.45, 7) is 2.41. The molecule has 0 radical (unpaired) electrons. The minimum absolute atomic E-state index is 0.0323. The molecule has 1 aliphatic heterocycles. The van der Waals surface area contributed by atoms with E-state index in [2.05, 4.69) is 4.98 Å². The summed E-state index contributed by atoms with van der Waals surface area (Å²) >= 11 is 14.4. The lowest BCUT2D eigenvalue weighted by Crippen LogP contribution is -2.28. The van der Waals surface area contributed by atoms with Gasteiger partial charge in [-0.2, -0.15) is 4.31 Å². The molecule has 2 heterocycles. The van der Waals surface area contributed by atoms with Gasteiger partial charge in [-0.05, 0) is 31.2 Å². The zero-order chi connectivity index (χ0) is 20.6. The Morgan fingerprint density at radius 2 is 2.00 bits per heavy atom. The molecular formula is C20H18Cl2N2O3S2. The number of rotatable bonds is 5. The normalized spacial score (nSPS) is 15.1. The number of pyridine rings is 1. The number of aromatic nitrogens is 1. The van der Waals surface area contributed by atoms with Crippen molar-refractivity contribution < 1.29 is 13.2 Å². The topological polar surface area (TPSA) is 59.5 Å². The molecule has 0 aliphatic carbocycles. The number of thioether (sulfide) groups is 1. The van der Waals surface area contributed by atoms with E-state index in [0.29, 0.717) is 28.8 Å². The number of hydrogen-bond acceptors (Lipinski definition) is 5. The molecule has 0 N–H and O–H groups in total. The van der Waals surface area contributed by atoms with Crippen molar-refractivity contribution in [2.24, 2.45) is 0 Å². The fourth-order valence-electron chi connectivity index (χ4n) is 3.12. The molecule has 0 atom stereocenters. The maximum Gasteiger partial charge on any atom is 0.245 e. The summed E-state index contributed by atoms with van der Waals surface area (Å²) in [5, 5.41) is 1.40. The first-order chi connectivity index (χ1) is 13.9. The van der Waals surface area contributed by atoms with Gasteiger partial charge >= 0.3 is 0 Å². The Kier molecular flexibility index (Phi) is 5.95. The van der Waals surface area contributed by atoms with E-state index < -0.39 is 10.0 Å². The van der Waals surface area contributed by atoms with E-state index in [4.69, 9.17) is 27.9 Å². The van der Waals surface area contributed by atoms with E-state index >= 15 is 0 Å². The fourth-order valence-corrected chi connectivity index (χ4v) is 6.79. The number of ether oxygens (including phenoxy) is 1. The van der Waals surface area contributed by atoms with Gasteiger partial charge in [0.25, 0.3) is 0 Å². The van der Waals surface area contributed by atoms with Crippen molar-refractivity contribution in [3.05, 3.63) is 63.8 Å². The molecule has 0 saturated carbocycles. The molecule has 0 spiro atoms. The Morgan fingerprint density at radius 3 is 2.76 bits per heavy atom. The molecule has 152 valence electrons. The molecule has 0 unspecified atom stereocenters. The summed E-state index contributed by atoms with van der Waals surface area (Å²) in [4.78, 5) is 4.60. The Morgan fingerprint density at radius 1 is 1.17 bits per heavy atom. The number of sulfonamides is 1. The molecule has 2 aromatic carbocycles. The first-order valence-corrected chi connectivity index (χ1v) is 12.3. The Balaban J connectivity index is 1.67. The molecule has 0 bridgehead atoms. The van der Waals surface area contributed by atoms with Crippen molar-refractivity contribution in [2.75, 3.05) is 18.2 Å². The Labute approximate surface area is 184 Å². The minimum Gasteiger partial charge on any atom is -0.487 e. The standard InChI is InChI=1S/C20H18Cl2N2O3S2/c1-13-5-6-14-3-2-4-17(20(14)23-13)27-11-15-16(21)7-8-18(19(15)22)29(25,26)24-9-10-28-12-24/h2-8H,9-12H2,1H3. The smallest absolute Gasteiger partial charge is 0.245 e. The highest BCUT2D eigenvalue weighted by Crippen LogP contribution is 2.35. The number of aryl methyl sites for hydroxylation is 1. The number of halogens is 2. The molecule has 29 heavy (non-hydrogen) atoms. The van der Waals surface area contributed by atoms with Crippen LogP contribution in [-0.2, 0) is 16.6 Å². The minimum atomic E-state index is -3.68. The highest BCUT2D eigenvalue weighted by molar-refractivity contribution is 8.00. The highest BCUT2D eigenvalue weighted by Gasteiger charge is 2.31. The third kappa shape index (κ3) is 4.07. The van der Waals surface area contributed by atoms with Gasteiger partial charge in [0.1, 0.15) is 22.8 Å². The van der Waals surface area contributed by atoms with Crippen LogP contribution >= 0.6 is 35.0 Å². The van der Waals surface area contributed by atoms with Crippen LogP contribution in [-0.4, -0.2) is 35.9 Å². The van der Waals surface area contributed by atoms with Crippen molar-refractivity contribution in [3.63, 3.8) is 0 Å². The van der Waals surface area contributed by atoms with E-state index in [-0.39, 0.29) is 16.5 Å². The molecule has 1 aliphatic rings. The number of fused-ring (bicyclic) bond motifs is 1. The average molecular weight is 469 g/mol. The predicted octanol–water partition coefficient (Wildman–Crippen LogP) is 5.12. The number of para-hydroxylation sites is 1. The second-order valence-electron chi connectivity index (χ2n) is 6.63. The first kappa shape index (κ1) is 20.8. The van der Waals surface area contributed by atoms with E-state index in [1.54, 1.807) is 17.8 Å². The summed E-state index contributed by atoms with van der Waals surface area (Å²) in [5.74, 6) is 1.78. The third-order valence-electron chi connectivity index (χ3n) is 4.68. The van der Waals surface area contributed by atoms with Crippen LogP contribution in [0.5, 0.6) is 5.75 Å². The lowest BCUT2D eigenvalue weighted by molar-refractivity contribution is 0.309. The van der Waals surface area contributed by atoms with Gasteiger partial charge in [0.2, 0.25) is 10.0 Å². The van der Waals surface area contributed by atoms with Crippen molar-refractivity contribution in [1.82, 2.24) is 9.29 Å². The molecule has 0 amide bonds. The van der Waals surface area contributed by atoms with Crippen LogP contribution in [0.15, 0.2) is 47.4 Å². The van der Waals surface area contributed by atoms with Crippen LogP contribution in [0.25, 0.3) is 10.9 Å². The van der Waals surface area contributed by atoms with Gasteiger partial charge in [-0.1, -0.05) is 41.4 Å². The molecule has 1 fully saturated rings. The summed E-state index contributed by atoms with van der Waals surface area (Å²) in [7, 11) is -3.68. The third-order valence-corrected chi connectivity index (χ3v) is 8.60. The summed E-state index contributed by atoms with van der Waals surface area (Å²) in [6.07, 6.45) is 0. The van der Waals surface area contributed by atoms with Gasteiger partial charge in [0.05, 0.1) is 10.9 Å². The van der Waals surface area contributed by atoms with Gasteiger partial charge in [-0.15, -0.1) is 11.8 Å². The maximum atomic E-state index is 12.9. The Hall–Kier alpha value is -1.51. The monoisotopic (exact) mass is 468 g/mol. The maximum absolute atomic E-state index is 12.9. The van der Waals surface area contributed by atoms with Crippen molar-refractivity contribution >= 4 is 55.9 Å². The average Bonchev–Trinajstić information content (AvgIpc) is 3.23. The SMILES string of the molecule is Cc1ccc2cccc(OCc3c(Cl)ccc(S(=O)(=O)N4CCSC4)c3Cl)c2n1. The van der Waals surface area contributed by atoms with E-state index in [1.165, 1.54) is 10.4 Å². The van der Waals surface area contributed by atoms with Crippen molar-refractivity contribution in [1.29, 1.82) is 0 Å². The van der Waals surface area contributed by atoms with Gasteiger partial charge in [0, 0.05) is 34.0 Å². The predicted molar refractivity (Wildman–Crippen MR) is 118 cm³/mol. The van der Waals surface area contributed by atoms with Gasteiger partial charge < -0.3 is 4.74 Å². The van der Waals surface area contributed by atoms with Crippen LogP contribution < -0.4 is 4.74 Å². The van der Waals surface area contributed by atoms with Gasteiger partial charge in [-0.25, -0.2) is 13.4 Å². The molecule has 1 aromatic heterocycles. The molecule has 9 heteroatoms. The molecule has 3 aromatic rings. The van der Waals surface area contributed by atoms with Crippen LogP contribution in [0, 0.1) is 6.92 Å². The zero-order valence-corrected chi connectivity index (χ0v) is 18.7. The van der Waals surface area contributed by atoms with Crippen molar-refractivity contribution in [3.8, 4) is 5.75 Å². The van der Waals surface area contributed by atoms with E-state index in [1.807, 2.05) is 37.3 Å². The Bertz CT molecular complexity index is 1180. The van der Waals surface area contributed by atoms with E-state index in [0.717, 1.165) is 22.3 Å². The highest BCUT2D eigenvalue weighted by atomic mass is 35.5. The molecular weight excluding hydrogens is 451 g/mol. The second-order valence-corrected chi connectivity index (χ2v) is 10.4. The number of nitrogens with zero attached hydrogens (tertiary/aromatic N) is 2. The lowest BCUT2D eigenvalue weighted by Gasteiger charge is -2.18. The molecule has 5 nitrogen and oxygen atoms in total. The van der Waals surface area contributed by atoms with Crippen LogP contribution in [0.4, 0.5) is 0 Å². The van der Waals surface area contributed by atoms with Gasteiger partial charge in [0.15, 0.2) is 0 Å². The quantitative estimate of drug-likeness (QED) is 0.519. The van der Waals surface area contributed by atoms with Crippen molar-refractivity contribution in [2.45, 2.75) is 18.4 Å². The first-order valence-electron chi connectivity index (χ1n) is 8.92. The second kappa shape index (κ2) is 8.32. The largest absolute Gasteiger partial charge is 0.487 e.